The molecule has 0 bridgehead atoms. The van der Waals surface area contributed by atoms with Crippen LogP contribution in [0.25, 0.3) is 0 Å². The van der Waals surface area contributed by atoms with Crippen molar-refractivity contribution in [2.75, 3.05) is 19.6 Å². The second kappa shape index (κ2) is 8.99. The summed E-state index contributed by atoms with van der Waals surface area (Å²) in [6, 6.07) is 12.4. The van der Waals surface area contributed by atoms with Gasteiger partial charge in [-0.25, -0.2) is 8.42 Å². The molecule has 0 aliphatic carbocycles. The molecule has 2 heterocycles. The van der Waals surface area contributed by atoms with Crippen molar-refractivity contribution in [1.29, 1.82) is 0 Å². The Kier molecular flexibility index (Phi) is 6.46. The van der Waals surface area contributed by atoms with Crippen LogP contribution in [0.5, 0.6) is 0 Å². The Bertz CT molecular complexity index is 1080. The van der Waals surface area contributed by atoms with Crippen LogP contribution in [0.4, 0.5) is 0 Å². The summed E-state index contributed by atoms with van der Waals surface area (Å²) in [4.78, 5) is 15.8. The van der Waals surface area contributed by atoms with E-state index in [4.69, 9.17) is 0 Å². The van der Waals surface area contributed by atoms with Crippen LogP contribution in [0, 0.1) is 33.6 Å². The summed E-state index contributed by atoms with van der Waals surface area (Å²) in [7, 11) is -3.58. The highest BCUT2D eigenvalue weighted by Crippen LogP contribution is 2.36. The van der Waals surface area contributed by atoms with Gasteiger partial charge in [-0.15, -0.1) is 0 Å². The van der Waals surface area contributed by atoms with Gasteiger partial charge in [0.15, 0.2) is 0 Å². The summed E-state index contributed by atoms with van der Waals surface area (Å²) in [5.74, 6) is 0.0827. The molecule has 4 rings (SSSR count). The Balaban J connectivity index is 1.48. The van der Waals surface area contributed by atoms with E-state index >= 15 is 0 Å². The highest BCUT2D eigenvalue weighted by molar-refractivity contribution is 7.89. The molecule has 0 N–H and O–H groups in total. The zero-order valence-electron chi connectivity index (χ0n) is 19.6. The third-order valence-corrected chi connectivity index (χ3v) is 9.59. The minimum absolute atomic E-state index is 0.104. The molecule has 2 fully saturated rings. The Hall–Kier alpha value is -2.18. The van der Waals surface area contributed by atoms with Crippen molar-refractivity contribution in [3.05, 3.63) is 64.2 Å². The maximum absolute atomic E-state index is 13.5. The van der Waals surface area contributed by atoms with E-state index in [-0.39, 0.29) is 17.9 Å². The lowest BCUT2D eigenvalue weighted by atomic mass is 9.95. The predicted molar refractivity (Wildman–Crippen MR) is 127 cm³/mol. The van der Waals surface area contributed by atoms with Gasteiger partial charge in [0.2, 0.25) is 15.9 Å². The van der Waals surface area contributed by atoms with Crippen molar-refractivity contribution in [3.63, 3.8) is 0 Å². The molecular weight excluding hydrogens is 420 g/mol. The number of carbonyl (C=O) groups is 1. The van der Waals surface area contributed by atoms with Crippen LogP contribution in [0.2, 0.25) is 0 Å². The van der Waals surface area contributed by atoms with Gasteiger partial charge in [-0.1, -0.05) is 36.4 Å². The maximum atomic E-state index is 13.5. The van der Waals surface area contributed by atoms with E-state index in [0.717, 1.165) is 41.6 Å². The van der Waals surface area contributed by atoms with Gasteiger partial charge in [0.1, 0.15) is 0 Å². The minimum atomic E-state index is -3.58. The Morgan fingerprint density at radius 3 is 2.06 bits per heavy atom. The lowest BCUT2D eigenvalue weighted by Gasteiger charge is -2.35. The monoisotopic (exact) mass is 454 g/mol. The second-order valence-electron chi connectivity index (χ2n) is 9.37. The van der Waals surface area contributed by atoms with Crippen molar-refractivity contribution < 1.29 is 13.2 Å². The molecule has 2 saturated heterocycles. The van der Waals surface area contributed by atoms with Crippen LogP contribution in [-0.4, -0.2) is 43.2 Å². The van der Waals surface area contributed by atoms with Crippen LogP contribution in [0.1, 0.15) is 59.5 Å². The van der Waals surface area contributed by atoms with Crippen molar-refractivity contribution in [2.24, 2.45) is 5.92 Å². The number of carbonyl (C=O) groups excluding carboxylic acids is 1. The van der Waals surface area contributed by atoms with Gasteiger partial charge in [-0.05, 0) is 81.2 Å². The van der Waals surface area contributed by atoms with Gasteiger partial charge in [0.05, 0.1) is 10.9 Å². The molecule has 32 heavy (non-hydrogen) atoms. The SMILES string of the molecule is Cc1cc(C)c(C)c(S(=O)(=O)N2CCC(C(=O)N3CCCC3c3ccccc3)CC2)c1C. The largest absolute Gasteiger partial charge is 0.335 e. The molecule has 2 aliphatic heterocycles. The van der Waals surface area contributed by atoms with Crippen molar-refractivity contribution in [2.45, 2.75) is 64.3 Å². The van der Waals surface area contributed by atoms with E-state index in [1.165, 1.54) is 5.56 Å². The zero-order chi connectivity index (χ0) is 23.0. The van der Waals surface area contributed by atoms with E-state index < -0.39 is 10.0 Å². The Morgan fingerprint density at radius 1 is 0.875 bits per heavy atom. The number of benzene rings is 2. The molecule has 2 aromatic rings. The van der Waals surface area contributed by atoms with Crippen molar-refractivity contribution in [3.8, 4) is 0 Å². The molecular formula is C26H34N2O3S. The summed E-state index contributed by atoms with van der Waals surface area (Å²) in [6.45, 7) is 9.29. The van der Waals surface area contributed by atoms with Crippen LogP contribution in [0.3, 0.4) is 0 Å². The number of piperidine rings is 1. The van der Waals surface area contributed by atoms with Crippen LogP contribution >= 0.6 is 0 Å². The first-order valence-corrected chi connectivity index (χ1v) is 13.1. The number of aryl methyl sites for hydroxylation is 2. The smallest absolute Gasteiger partial charge is 0.243 e. The maximum Gasteiger partial charge on any atom is 0.243 e. The van der Waals surface area contributed by atoms with Gasteiger partial charge in [-0.2, -0.15) is 4.31 Å². The normalized spacial score (nSPS) is 20.6. The average Bonchev–Trinajstić information content (AvgIpc) is 3.28. The summed E-state index contributed by atoms with van der Waals surface area (Å²) in [5.41, 5.74) is 4.85. The molecule has 1 atom stereocenters. The van der Waals surface area contributed by atoms with Crippen LogP contribution in [0.15, 0.2) is 41.3 Å². The Morgan fingerprint density at radius 2 is 1.47 bits per heavy atom. The molecule has 1 unspecified atom stereocenters. The second-order valence-corrected chi connectivity index (χ2v) is 11.2. The number of rotatable bonds is 4. The van der Waals surface area contributed by atoms with Crippen molar-refractivity contribution in [1.82, 2.24) is 9.21 Å². The molecule has 0 saturated carbocycles. The lowest BCUT2D eigenvalue weighted by molar-refractivity contribution is -0.137. The van der Waals surface area contributed by atoms with Gasteiger partial charge in [0.25, 0.3) is 0 Å². The summed E-state index contributed by atoms with van der Waals surface area (Å²) >= 11 is 0. The fraction of sp³-hybridized carbons (Fsp3) is 0.500. The lowest BCUT2D eigenvalue weighted by Crippen LogP contribution is -2.44. The number of likely N-dealkylation sites (tertiary alicyclic amines) is 1. The first-order valence-electron chi connectivity index (χ1n) is 11.6. The standard InChI is InChI=1S/C26H34N2O3S/c1-18-17-19(2)21(4)25(20(18)3)32(30,31)27-15-12-23(13-16-27)26(29)28-14-8-11-24(28)22-9-6-5-7-10-22/h5-7,9-10,17,23-24H,8,11-16H2,1-4H3. The molecule has 172 valence electrons. The zero-order valence-corrected chi connectivity index (χ0v) is 20.4. The molecule has 1 amide bonds. The number of hydrogen-bond acceptors (Lipinski definition) is 3. The molecule has 2 aliphatic rings. The topological polar surface area (TPSA) is 57.7 Å². The number of amides is 1. The van der Waals surface area contributed by atoms with Gasteiger partial charge >= 0.3 is 0 Å². The molecule has 2 aromatic carbocycles. The summed E-state index contributed by atoms with van der Waals surface area (Å²) in [6.07, 6.45) is 3.18. The van der Waals surface area contributed by atoms with E-state index in [1.807, 2.05) is 56.9 Å². The first-order chi connectivity index (χ1) is 15.2. The molecule has 0 spiro atoms. The minimum Gasteiger partial charge on any atom is -0.335 e. The van der Waals surface area contributed by atoms with E-state index in [9.17, 15) is 13.2 Å². The fourth-order valence-electron chi connectivity index (χ4n) is 5.33. The first kappa shape index (κ1) is 23.0. The molecule has 5 nitrogen and oxygen atoms in total. The molecule has 0 aromatic heterocycles. The predicted octanol–water partition coefficient (Wildman–Crippen LogP) is 4.68. The summed E-state index contributed by atoms with van der Waals surface area (Å²) < 4.78 is 28.7. The third-order valence-electron chi connectivity index (χ3n) is 7.42. The quantitative estimate of drug-likeness (QED) is 0.674. The van der Waals surface area contributed by atoms with E-state index in [2.05, 4.69) is 12.1 Å². The number of hydrogen-bond donors (Lipinski definition) is 0. The van der Waals surface area contributed by atoms with Crippen LogP contribution in [-0.2, 0) is 14.8 Å². The Labute approximate surface area is 192 Å². The van der Waals surface area contributed by atoms with Gasteiger partial charge < -0.3 is 4.90 Å². The van der Waals surface area contributed by atoms with Crippen molar-refractivity contribution >= 4 is 15.9 Å². The molecule has 0 radical (unpaired) electrons. The van der Waals surface area contributed by atoms with Gasteiger partial charge in [0, 0.05) is 25.6 Å². The van der Waals surface area contributed by atoms with E-state index in [0.29, 0.717) is 30.8 Å². The van der Waals surface area contributed by atoms with Crippen LogP contribution < -0.4 is 0 Å². The summed E-state index contributed by atoms with van der Waals surface area (Å²) in [5, 5.41) is 0. The third kappa shape index (κ3) is 4.11. The van der Waals surface area contributed by atoms with Gasteiger partial charge in [-0.3, -0.25) is 4.79 Å². The fourth-order valence-corrected chi connectivity index (χ4v) is 7.37. The number of nitrogens with zero attached hydrogens (tertiary/aromatic N) is 2. The highest BCUT2D eigenvalue weighted by Gasteiger charge is 2.38. The number of sulfonamides is 1. The van der Waals surface area contributed by atoms with E-state index in [1.54, 1.807) is 4.31 Å². The average molecular weight is 455 g/mol. The molecule has 6 heteroatoms. The highest BCUT2D eigenvalue weighted by atomic mass is 32.2.